The first-order chi connectivity index (χ1) is 15.9. The Morgan fingerprint density at radius 1 is 1.09 bits per heavy atom. The van der Waals surface area contributed by atoms with Crippen LogP contribution >= 0.6 is 22.9 Å². The standard InChI is InChI=1S/C23H23ClFN5O2S/c1-15-2-4-16(5-3-15)13-26-21(31)22-28-27-20(33-22)14-29-8-10-30(11-9-29)23(32)18-12-17(24)6-7-19(18)25/h2-7,12H,8-11,13-14H2,1H3,(H,26,31). The Labute approximate surface area is 200 Å². The number of halogens is 2. The number of piperazine rings is 1. The lowest BCUT2D eigenvalue weighted by molar-refractivity contribution is 0.0623. The normalized spacial score (nSPS) is 14.3. The Hall–Kier alpha value is -2.88. The quantitative estimate of drug-likeness (QED) is 0.575. The molecule has 1 saturated heterocycles. The summed E-state index contributed by atoms with van der Waals surface area (Å²) in [5.74, 6) is -1.19. The van der Waals surface area contributed by atoms with E-state index in [-0.39, 0.29) is 17.4 Å². The highest BCUT2D eigenvalue weighted by Crippen LogP contribution is 2.19. The smallest absolute Gasteiger partial charge is 0.282 e. The minimum Gasteiger partial charge on any atom is -0.346 e. The van der Waals surface area contributed by atoms with E-state index in [0.717, 1.165) is 10.6 Å². The maximum atomic E-state index is 14.0. The van der Waals surface area contributed by atoms with E-state index in [2.05, 4.69) is 20.4 Å². The SMILES string of the molecule is Cc1ccc(CNC(=O)c2nnc(CN3CCN(C(=O)c4cc(Cl)ccc4F)CC3)s2)cc1. The van der Waals surface area contributed by atoms with Gasteiger partial charge in [0.2, 0.25) is 5.01 Å². The fraction of sp³-hybridized carbons (Fsp3) is 0.304. The fourth-order valence-corrected chi connectivity index (χ4v) is 4.48. The number of nitrogens with zero attached hydrogens (tertiary/aromatic N) is 4. The summed E-state index contributed by atoms with van der Waals surface area (Å²) in [4.78, 5) is 28.8. The predicted molar refractivity (Wildman–Crippen MR) is 125 cm³/mol. The van der Waals surface area contributed by atoms with Crippen molar-refractivity contribution in [2.24, 2.45) is 0 Å². The van der Waals surface area contributed by atoms with E-state index < -0.39 is 5.82 Å². The number of aromatic nitrogens is 2. The van der Waals surface area contributed by atoms with Gasteiger partial charge in [-0.05, 0) is 30.7 Å². The number of hydrogen-bond donors (Lipinski definition) is 1. The van der Waals surface area contributed by atoms with E-state index >= 15 is 0 Å². The van der Waals surface area contributed by atoms with Gasteiger partial charge in [0.15, 0.2) is 0 Å². The highest BCUT2D eigenvalue weighted by atomic mass is 35.5. The molecule has 2 aromatic carbocycles. The van der Waals surface area contributed by atoms with Crippen molar-refractivity contribution in [1.82, 2.24) is 25.3 Å². The molecule has 0 spiro atoms. The molecule has 3 aromatic rings. The number of hydrogen-bond acceptors (Lipinski definition) is 6. The highest BCUT2D eigenvalue weighted by molar-refractivity contribution is 7.13. The molecule has 0 radical (unpaired) electrons. The van der Waals surface area contributed by atoms with Crippen LogP contribution in [0.2, 0.25) is 5.02 Å². The van der Waals surface area contributed by atoms with E-state index in [1.807, 2.05) is 31.2 Å². The van der Waals surface area contributed by atoms with Gasteiger partial charge in [0.25, 0.3) is 11.8 Å². The topological polar surface area (TPSA) is 78.4 Å². The molecule has 1 aromatic heterocycles. The summed E-state index contributed by atoms with van der Waals surface area (Å²) in [6.07, 6.45) is 0. The Kier molecular flexibility index (Phi) is 7.32. The molecule has 1 aliphatic heterocycles. The summed E-state index contributed by atoms with van der Waals surface area (Å²) in [5.41, 5.74) is 2.17. The third-order valence-corrected chi connectivity index (χ3v) is 6.55. The Morgan fingerprint density at radius 2 is 1.82 bits per heavy atom. The van der Waals surface area contributed by atoms with Gasteiger partial charge in [-0.2, -0.15) is 0 Å². The van der Waals surface area contributed by atoms with Crippen molar-refractivity contribution in [2.45, 2.75) is 20.0 Å². The molecule has 2 amide bonds. The number of amides is 2. The van der Waals surface area contributed by atoms with Gasteiger partial charge in [-0.25, -0.2) is 4.39 Å². The van der Waals surface area contributed by atoms with Crippen molar-refractivity contribution in [3.05, 3.63) is 80.0 Å². The fourth-order valence-electron chi connectivity index (χ4n) is 3.51. The lowest BCUT2D eigenvalue weighted by atomic mass is 10.1. The van der Waals surface area contributed by atoms with Gasteiger partial charge < -0.3 is 10.2 Å². The Balaban J connectivity index is 1.27. The predicted octanol–water partition coefficient (Wildman–Crippen LogP) is 3.53. The molecular formula is C23H23ClFN5O2S. The third-order valence-electron chi connectivity index (χ3n) is 5.41. The van der Waals surface area contributed by atoms with Crippen molar-refractivity contribution in [3.63, 3.8) is 0 Å². The zero-order valence-corrected chi connectivity index (χ0v) is 19.6. The second kappa shape index (κ2) is 10.4. The van der Waals surface area contributed by atoms with Crippen molar-refractivity contribution >= 4 is 34.8 Å². The van der Waals surface area contributed by atoms with Gasteiger partial charge in [0.05, 0.1) is 12.1 Å². The van der Waals surface area contributed by atoms with Crippen LogP contribution in [0.25, 0.3) is 0 Å². The van der Waals surface area contributed by atoms with E-state index in [0.29, 0.717) is 49.3 Å². The molecule has 4 rings (SSSR count). The molecule has 33 heavy (non-hydrogen) atoms. The number of nitrogens with one attached hydrogen (secondary N) is 1. The number of rotatable bonds is 6. The summed E-state index contributed by atoms with van der Waals surface area (Å²) < 4.78 is 14.0. The molecule has 0 atom stereocenters. The Bertz CT molecular complexity index is 1150. The first-order valence-electron chi connectivity index (χ1n) is 10.5. The summed E-state index contributed by atoms with van der Waals surface area (Å²) in [6.45, 7) is 5.14. The summed E-state index contributed by atoms with van der Waals surface area (Å²) in [7, 11) is 0. The first-order valence-corrected chi connectivity index (χ1v) is 11.7. The van der Waals surface area contributed by atoms with Crippen LogP contribution in [0.5, 0.6) is 0 Å². The maximum Gasteiger partial charge on any atom is 0.282 e. The first kappa shape index (κ1) is 23.3. The van der Waals surface area contributed by atoms with Crippen LogP contribution in [0.3, 0.4) is 0 Å². The van der Waals surface area contributed by atoms with Crippen molar-refractivity contribution in [3.8, 4) is 0 Å². The lowest BCUT2D eigenvalue weighted by Crippen LogP contribution is -2.48. The van der Waals surface area contributed by atoms with E-state index in [9.17, 15) is 14.0 Å². The van der Waals surface area contributed by atoms with E-state index in [1.165, 1.54) is 35.1 Å². The van der Waals surface area contributed by atoms with Gasteiger partial charge in [0, 0.05) is 37.7 Å². The van der Waals surface area contributed by atoms with Crippen LogP contribution in [0.1, 0.15) is 36.3 Å². The second-order valence-corrected chi connectivity index (χ2v) is 9.36. The molecule has 172 valence electrons. The summed E-state index contributed by atoms with van der Waals surface area (Å²) in [5, 5.41) is 12.4. The van der Waals surface area contributed by atoms with Crippen LogP contribution in [-0.4, -0.2) is 58.0 Å². The van der Waals surface area contributed by atoms with Gasteiger partial charge in [0.1, 0.15) is 10.8 Å². The highest BCUT2D eigenvalue weighted by Gasteiger charge is 2.25. The van der Waals surface area contributed by atoms with Gasteiger partial charge >= 0.3 is 0 Å². The number of benzene rings is 2. The van der Waals surface area contributed by atoms with E-state index in [4.69, 9.17) is 11.6 Å². The largest absolute Gasteiger partial charge is 0.346 e. The average Bonchev–Trinajstić information content (AvgIpc) is 3.29. The van der Waals surface area contributed by atoms with Crippen molar-refractivity contribution in [1.29, 1.82) is 0 Å². The lowest BCUT2D eigenvalue weighted by Gasteiger charge is -2.34. The minimum atomic E-state index is -0.575. The van der Waals surface area contributed by atoms with Crippen LogP contribution in [0.15, 0.2) is 42.5 Å². The number of aryl methyl sites for hydroxylation is 1. The van der Waals surface area contributed by atoms with Gasteiger partial charge in [-0.1, -0.05) is 52.8 Å². The average molecular weight is 488 g/mol. The molecule has 0 saturated carbocycles. The van der Waals surface area contributed by atoms with Crippen LogP contribution in [-0.2, 0) is 13.1 Å². The van der Waals surface area contributed by atoms with Crippen LogP contribution in [0.4, 0.5) is 4.39 Å². The Morgan fingerprint density at radius 3 is 2.55 bits per heavy atom. The zero-order chi connectivity index (χ0) is 23.4. The summed E-state index contributed by atoms with van der Waals surface area (Å²) >= 11 is 7.17. The molecule has 0 aliphatic carbocycles. The molecule has 0 bridgehead atoms. The molecular weight excluding hydrogens is 465 g/mol. The van der Waals surface area contributed by atoms with Gasteiger partial charge in [-0.3, -0.25) is 14.5 Å². The van der Waals surface area contributed by atoms with Gasteiger partial charge in [-0.15, -0.1) is 10.2 Å². The molecule has 1 aliphatic rings. The molecule has 0 unspecified atom stereocenters. The monoisotopic (exact) mass is 487 g/mol. The van der Waals surface area contributed by atoms with E-state index in [1.54, 1.807) is 4.90 Å². The molecule has 1 N–H and O–H groups in total. The molecule has 2 heterocycles. The molecule has 1 fully saturated rings. The molecule has 7 nitrogen and oxygen atoms in total. The van der Waals surface area contributed by atoms with Crippen LogP contribution in [0, 0.1) is 12.7 Å². The third kappa shape index (κ3) is 5.93. The minimum absolute atomic E-state index is 0.0126. The molecule has 10 heteroatoms. The van der Waals surface area contributed by atoms with Crippen molar-refractivity contribution < 1.29 is 14.0 Å². The van der Waals surface area contributed by atoms with Crippen LogP contribution < -0.4 is 5.32 Å². The summed E-state index contributed by atoms with van der Waals surface area (Å²) in [6, 6.07) is 11.9. The van der Waals surface area contributed by atoms with Crippen molar-refractivity contribution in [2.75, 3.05) is 26.2 Å². The number of carbonyl (C=O) groups excluding carboxylic acids is 2. The second-order valence-electron chi connectivity index (χ2n) is 7.86. The zero-order valence-electron chi connectivity index (χ0n) is 18.1. The maximum absolute atomic E-state index is 14.0. The number of carbonyl (C=O) groups is 2.